The lowest BCUT2D eigenvalue weighted by Gasteiger charge is -2.09. The van der Waals surface area contributed by atoms with Gasteiger partial charge in [0.1, 0.15) is 6.61 Å². The molecule has 0 saturated heterocycles. The second kappa shape index (κ2) is 6.09. The molecule has 0 heterocycles. The average molecular weight is 232 g/mol. The summed E-state index contributed by atoms with van der Waals surface area (Å²) in [7, 11) is 0. The first-order valence-electron chi connectivity index (χ1n) is 5.71. The van der Waals surface area contributed by atoms with Gasteiger partial charge in [0.25, 0.3) is 0 Å². The third-order valence-corrected chi connectivity index (χ3v) is 2.61. The summed E-state index contributed by atoms with van der Waals surface area (Å²) in [5.74, 6) is 0. The lowest BCUT2D eigenvalue weighted by atomic mass is 10.0. The van der Waals surface area contributed by atoms with Gasteiger partial charge in [0.15, 0.2) is 0 Å². The van der Waals surface area contributed by atoms with Gasteiger partial charge < -0.3 is 10.6 Å². The van der Waals surface area contributed by atoms with Crippen molar-refractivity contribution in [1.82, 2.24) is 0 Å². The van der Waals surface area contributed by atoms with E-state index >= 15 is 0 Å². The monoisotopic (exact) mass is 232 g/mol. The van der Waals surface area contributed by atoms with E-state index in [1.807, 2.05) is 52.0 Å². The van der Waals surface area contributed by atoms with Gasteiger partial charge in [0.05, 0.1) is 5.71 Å². The van der Waals surface area contributed by atoms with E-state index in [1.165, 1.54) is 0 Å². The highest BCUT2D eigenvalue weighted by Gasteiger charge is 2.05. The van der Waals surface area contributed by atoms with E-state index in [0.717, 1.165) is 28.1 Å². The van der Waals surface area contributed by atoms with E-state index in [0.29, 0.717) is 6.61 Å². The second-order valence-corrected chi connectivity index (χ2v) is 4.07. The van der Waals surface area contributed by atoms with E-state index in [9.17, 15) is 0 Å². The minimum absolute atomic E-state index is 0.501. The summed E-state index contributed by atoms with van der Waals surface area (Å²) in [5, 5.41) is 4.09. The second-order valence-electron chi connectivity index (χ2n) is 4.07. The van der Waals surface area contributed by atoms with Crippen molar-refractivity contribution in [2.75, 3.05) is 12.3 Å². The fraction of sp³-hybridized carbons (Fsp3) is 0.357. The fourth-order valence-electron chi connectivity index (χ4n) is 1.55. The van der Waals surface area contributed by atoms with Crippen LogP contribution in [0.5, 0.6) is 0 Å². The normalized spacial score (nSPS) is 12.1. The molecule has 92 valence electrons. The number of nitrogens with zero attached hydrogens (tertiary/aromatic N) is 1. The van der Waals surface area contributed by atoms with Gasteiger partial charge in [-0.05, 0) is 57.0 Å². The molecule has 3 nitrogen and oxygen atoms in total. The van der Waals surface area contributed by atoms with Crippen molar-refractivity contribution in [1.29, 1.82) is 0 Å². The molecule has 17 heavy (non-hydrogen) atoms. The number of aryl methyl sites for hydroxylation is 2. The van der Waals surface area contributed by atoms with Crippen molar-refractivity contribution in [3.8, 4) is 0 Å². The SMILES string of the molecule is C/C=C/CO/N=C(\C)c1cc(C)c(N)cc1C. The Morgan fingerprint density at radius 1 is 1.35 bits per heavy atom. The Balaban J connectivity index is 2.88. The maximum atomic E-state index is 5.85. The standard InChI is InChI=1S/C14H20N2O/c1-5-6-7-17-16-12(4)13-8-11(3)14(15)9-10(13)2/h5-6,8-9H,7,15H2,1-4H3/b6-5+,16-12+. The van der Waals surface area contributed by atoms with Crippen molar-refractivity contribution in [3.63, 3.8) is 0 Å². The summed E-state index contributed by atoms with van der Waals surface area (Å²) in [6.07, 6.45) is 3.85. The predicted molar refractivity (Wildman–Crippen MR) is 73.3 cm³/mol. The van der Waals surface area contributed by atoms with Crippen LogP contribution in [0.1, 0.15) is 30.5 Å². The zero-order chi connectivity index (χ0) is 12.8. The summed E-state index contributed by atoms with van der Waals surface area (Å²) in [4.78, 5) is 5.19. The fourth-order valence-corrected chi connectivity index (χ4v) is 1.55. The number of nitrogen functional groups attached to an aromatic ring is 1. The van der Waals surface area contributed by atoms with Crippen molar-refractivity contribution in [2.45, 2.75) is 27.7 Å². The van der Waals surface area contributed by atoms with E-state index in [4.69, 9.17) is 10.6 Å². The molecule has 0 amide bonds. The average Bonchev–Trinajstić information content (AvgIpc) is 2.29. The number of rotatable bonds is 4. The van der Waals surface area contributed by atoms with Crippen molar-refractivity contribution in [2.24, 2.45) is 5.16 Å². The van der Waals surface area contributed by atoms with Crippen LogP contribution in [-0.4, -0.2) is 12.3 Å². The van der Waals surface area contributed by atoms with Crippen LogP contribution in [-0.2, 0) is 4.84 Å². The molecule has 0 aliphatic rings. The zero-order valence-electron chi connectivity index (χ0n) is 10.9. The maximum Gasteiger partial charge on any atom is 0.135 e. The minimum atomic E-state index is 0.501. The zero-order valence-corrected chi connectivity index (χ0v) is 10.9. The van der Waals surface area contributed by atoms with Gasteiger partial charge in [-0.3, -0.25) is 0 Å². The lowest BCUT2D eigenvalue weighted by molar-refractivity contribution is 0.174. The van der Waals surface area contributed by atoms with Gasteiger partial charge >= 0.3 is 0 Å². The van der Waals surface area contributed by atoms with Crippen LogP contribution in [0.25, 0.3) is 0 Å². The number of oxime groups is 1. The van der Waals surface area contributed by atoms with Gasteiger partial charge in [0, 0.05) is 11.3 Å². The first-order chi connectivity index (χ1) is 8.06. The molecule has 0 unspecified atom stereocenters. The van der Waals surface area contributed by atoms with E-state index < -0.39 is 0 Å². The van der Waals surface area contributed by atoms with Crippen LogP contribution in [0.3, 0.4) is 0 Å². The third-order valence-electron chi connectivity index (χ3n) is 2.61. The quantitative estimate of drug-likeness (QED) is 0.285. The Morgan fingerprint density at radius 3 is 2.71 bits per heavy atom. The maximum absolute atomic E-state index is 5.85. The smallest absolute Gasteiger partial charge is 0.135 e. The van der Waals surface area contributed by atoms with Crippen LogP contribution in [0, 0.1) is 13.8 Å². The van der Waals surface area contributed by atoms with Gasteiger partial charge in [-0.2, -0.15) is 0 Å². The molecule has 0 atom stereocenters. The molecule has 1 aromatic carbocycles. The molecule has 0 radical (unpaired) electrons. The molecule has 0 aliphatic carbocycles. The van der Waals surface area contributed by atoms with Crippen LogP contribution < -0.4 is 5.73 Å². The minimum Gasteiger partial charge on any atom is -0.399 e. The molecule has 0 spiro atoms. The van der Waals surface area contributed by atoms with E-state index in [2.05, 4.69) is 5.16 Å². The highest BCUT2D eigenvalue weighted by molar-refractivity contribution is 6.00. The molecule has 2 N–H and O–H groups in total. The molecule has 0 aromatic heterocycles. The molecular formula is C14H20N2O. The number of anilines is 1. The molecule has 0 bridgehead atoms. The molecule has 3 heteroatoms. The Bertz CT molecular complexity index is 448. The summed E-state index contributed by atoms with van der Waals surface area (Å²) in [6, 6.07) is 4.01. The number of nitrogens with two attached hydrogens (primary N) is 1. The van der Waals surface area contributed by atoms with E-state index in [-0.39, 0.29) is 0 Å². The first-order valence-corrected chi connectivity index (χ1v) is 5.71. The highest BCUT2D eigenvalue weighted by atomic mass is 16.6. The van der Waals surface area contributed by atoms with Crippen molar-refractivity contribution >= 4 is 11.4 Å². The summed E-state index contributed by atoms with van der Waals surface area (Å²) in [5.41, 5.74) is 10.8. The Hall–Kier alpha value is -1.77. The summed E-state index contributed by atoms with van der Waals surface area (Å²) >= 11 is 0. The van der Waals surface area contributed by atoms with Crippen LogP contribution >= 0.6 is 0 Å². The Morgan fingerprint density at radius 2 is 2.06 bits per heavy atom. The van der Waals surface area contributed by atoms with Gasteiger partial charge in [-0.15, -0.1) is 0 Å². The van der Waals surface area contributed by atoms with Gasteiger partial charge in [-0.1, -0.05) is 11.2 Å². The third kappa shape index (κ3) is 3.63. The Kier molecular flexibility index (Phi) is 4.76. The van der Waals surface area contributed by atoms with Crippen molar-refractivity contribution < 1.29 is 4.84 Å². The van der Waals surface area contributed by atoms with Gasteiger partial charge in [-0.25, -0.2) is 0 Å². The number of hydrogen-bond donors (Lipinski definition) is 1. The molecule has 0 saturated carbocycles. The predicted octanol–water partition coefficient (Wildman–Crippen LogP) is 3.20. The lowest BCUT2D eigenvalue weighted by Crippen LogP contribution is -2.02. The van der Waals surface area contributed by atoms with Crippen LogP contribution in [0.2, 0.25) is 0 Å². The molecule has 1 aromatic rings. The summed E-state index contributed by atoms with van der Waals surface area (Å²) < 4.78 is 0. The molecular weight excluding hydrogens is 212 g/mol. The van der Waals surface area contributed by atoms with Crippen LogP contribution in [0.4, 0.5) is 5.69 Å². The van der Waals surface area contributed by atoms with Crippen molar-refractivity contribution in [3.05, 3.63) is 41.0 Å². The van der Waals surface area contributed by atoms with Gasteiger partial charge in [0.2, 0.25) is 0 Å². The summed E-state index contributed by atoms with van der Waals surface area (Å²) in [6.45, 7) is 8.41. The topological polar surface area (TPSA) is 47.6 Å². The van der Waals surface area contributed by atoms with Crippen LogP contribution in [0.15, 0.2) is 29.4 Å². The number of benzene rings is 1. The molecule has 0 fully saturated rings. The highest BCUT2D eigenvalue weighted by Crippen LogP contribution is 2.18. The molecule has 0 aliphatic heterocycles. The molecule has 1 rings (SSSR count). The first kappa shape index (κ1) is 13.3. The van der Waals surface area contributed by atoms with E-state index in [1.54, 1.807) is 0 Å². The largest absolute Gasteiger partial charge is 0.399 e. The Labute approximate surface area is 103 Å². The number of allylic oxidation sites excluding steroid dienone is 1. The number of hydrogen-bond acceptors (Lipinski definition) is 3.